The number of aliphatic hydroxyl groups excluding tert-OH is 1. The molecule has 2 heterocycles. The van der Waals surface area contributed by atoms with Gasteiger partial charge in [-0.3, -0.25) is 14.5 Å². The molecule has 0 aromatic carbocycles. The van der Waals surface area contributed by atoms with Gasteiger partial charge in [-0.05, 0) is 26.8 Å². The molecule has 10 heteroatoms. The number of hydrogen-bond acceptors (Lipinski definition) is 6. The minimum absolute atomic E-state index is 0.209. The van der Waals surface area contributed by atoms with Crippen LogP contribution < -0.4 is 11.1 Å². The number of nitrogens with one attached hydrogen (secondary N) is 1. The molecule has 1 spiro atoms. The predicted molar refractivity (Wildman–Crippen MR) is 82.7 cm³/mol. The molecule has 2 aliphatic rings. The summed E-state index contributed by atoms with van der Waals surface area (Å²) in [6.07, 6.45) is 1.06. The number of β-lactam (4-membered cyclic amide) rings is 1. The predicted octanol–water partition coefficient (Wildman–Crippen LogP) is -2.55. The number of nitrogens with zero attached hydrogens (tertiary/aromatic N) is 2. The van der Waals surface area contributed by atoms with Crippen LogP contribution in [0.4, 0.5) is 0 Å². The number of likely N-dealkylation sites (N-methyl/N-ethyl adjacent to an activating group) is 1. The first kappa shape index (κ1) is 18.1. The van der Waals surface area contributed by atoms with Crippen LogP contribution in [0, 0.1) is 0 Å². The fourth-order valence-corrected chi connectivity index (χ4v) is 5.34. The van der Waals surface area contributed by atoms with Crippen molar-refractivity contribution in [1.82, 2.24) is 14.5 Å². The zero-order valence-corrected chi connectivity index (χ0v) is 14.3. The van der Waals surface area contributed by atoms with E-state index in [9.17, 15) is 23.1 Å². The Bertz CT molecular complexity index is 607. The molecule has 0 aliphatic carbocycles. The lowest BCUT2D eigenvalue weighted by Crippen LogP contribution is -2.72. The largest absolute Gasteiger partial charge is 0.391 e. The molecule has 2 aliphatic heterocycles. The zero-order chi connectivity index (χ0) is 17.6. The molecule has 0 bridgehead atoms. The third-order valence-corrected chi connectivity index (χ3v) is 6.05. The summed E-state index contributed by atoms with van der Waals surface area (Å²) >= 11 is 0. The van der Waals surface area contributed by atoms with Gasteiger partial charge in [-0.15, -0.1) is 0 Å². The average Bonchev–Trinajstić information content (AvgIpc) is 2.77. The van der Waals surface area contributed by atoms with E-state index in [1.165, 1.54) is 11.2 Å². The van der Waals surface area contributed by atoms with Crippen LogP contribution in [0.25, 0.3) is 0 Å². The quantitative estimate of drug-likeness (QED) is 0.453. The van der Waals surface area contributed by atoms with Gasteiger partial charge in [0, 0.05) is 19.1 Å². The van der Waals surface area contributed by atoms with Gasteiger partial charge >= 0.3 is 0 Å². The molecule has 2 rings (SSSR count). The summed E-state index contributed by atoms with van der Waals surface area (Å²) in [6.45, 7) is 1.96. The highest BCUT2D eigenvalue weighted by molar-refractivity contribution is 7.88. The average molecular weight is 348 g/mol. The van der Waals surface area contributed by atoms with Crippen LogP contribution in [0.3, 0.4) is 0 Å². The first-order chi connectivity index (χ1) is 10.5. The monoisotopic (exact) mass is 348 g/mol. The zero-order valence-electron chi connectivity index (χ0n) is 13.5. The fraction of sp³-hybridized carbons (Fsp3) is 0.846. The molecular formula is C13H24N4O5S. The summed E-state index contributed by atoms with van der Waals surface area (Å²) in [5.41, 5.74) is 4.30. The van der Waals surface area contributed by atoms with Crippen LogP contribution >= 0.6 is 0 Å². The summed E-state index contributed by atoms with van der Waals surface area (Å²) in [5.74, 6) is -0.961. The van der Waals surface area contributed by atoms with Crippen molar-refractivity contribution in [2.75, 3.05) is 26.4 Å². The standard InChI is InChI=1S/C13H24N4O5S/c1-8(18)10(11(14)19)16(2)6-9-4-5-13(7-15-12(13)20)17(9)23(3,21)22/h8-10,18H,4-7H2,1-3H3,(H2,14,19)(H,15,20)/t8-,9?,10+,13?/m1/s1. The molecular weight excluding hydrogens is 324 g/mol. The third-order valence-electron chi connectivity index (χ3n) is 4.69. The number of sulfonamides is 1. The SMILES string of the molecule is C[C@@H](O)[C@@H](C(N)=O)N(C)CC1CCC2(CNC2=O)N1S(C)(=O)=O. The molecule has 9 nitrogen and oxygen atoms in total. The van der Waals surface area contributed by atoms with E-state index in [-0.39, 0.29) is 12.5 Å². The summed E-state index contributed by atoms with van der Waals surface area (Å²) in [5, 5.41) is 12.3. The molecule has 23 heavy (non-hydrogen) atoms. The minimum Gasteiger partial charge on any atom is -0.391 e. The molecule has 2 fully saturated rings. The Labute approximate surface area is 135 Å². The van der Waals surface area contributed by atoms with E-state index < -0.39 is 39.7 Å². The molecule has 0 aromatic rings. The van der Waals surface area contributed by atoms with E-state index in [2.05, 4.69) is 5.32 Å². The summed E-state index contributed by atoms with van der Waals surface area (Å²) in [6, 6.07) is -1.36. The molecule has 4 N–H and O–H groups in total. The lowest BCUT2D eigenvalue weighted by Gasteiger charge is -2.45. The van der Waals surface area contributed by atoms with Crippen molar-refractivity contribution in [1.29, 1.82) is 0 Å². The summed E-state index contributed by atoms with van der Waals surface area (Å²) < 4.78 is 25.7. The van der Waals surface area contributed by atoms with Gasteiger partial charge in [0.1, 0.15) is 11.6 Å². The maximum Gasteiger partial charge on any atom is 0.243 e. The number of nitrogens with two attached hydrogens (primary N) is 1. The van der Waals surface area contributed by atoms with Gasteiger partial charge in [-0.2, -0.15) is 4.31 Å². The van der Waals surface area contributed by atoms with Crippen molar-refractivity contribution >= 4 is 21.8 Å². The van der Waals surface area contributed by atoms with Crippen molar-refractivity contribution in [2.24, 2.45) is 5.73 Å². The van der Waals surface area contributed by atoms with Crippen LogP contribution in [0.1, 0.15) is 19.8 Å². The number of hydrogen-bond donors (Lipinski definition) is 3. The Hall–Kier alpha value is -1.23. The smallest absolute Gasteiger partial charge is 0.243 e. The second-order valence-corrected chi connectivity index (χ2v) is 8.35. The fourth-order valence-electron chi connectivity index (χ4n) is 3.75. The Morgan fingerprint density at radius 2 is 2.22 bits per heavy atom. The Balaban J connectivity index is 2.22. The van der Waals surface area contributed by atoms with Crippen molar-refractivity contribution < 1.29 is 23.1 Å². The number of amides is 2. The highest BCUT2D eigenvalue weighted by Crippen LogP contribution is 2.40. The van der Waals surface area contributed by atoms with Crippen LogP contribution in [-0.4, -0.2) is 84.7 Å². The number of rotatable bonds is 6. The number of carbonyl (C=O) groups is 2. The molecule has 0 radical (unpaired) electrons. The number of primary amides is 1. The maximum absolute atomic E-state index is 12.2. The van der Waals surface area contributed by atoms with Gasteiger partial charge in [-0.1, -0.05) is 0 Å². The van der Waals surface area contributed by atoms with E-state index >= 15 is 0 Å². The van der Waals surface area contributed by atoms with Crippen molar-refractivity contribution in [2.45, 2.75) is 43.5 Å². The van der Waals surface area contributed by atoms with Crippen molar-refractivity contribution in [3.05, 3.63) is 0 Å². The van der Waals surface area contributed by atoms with Gasteiger partial charge in [0.25, 0.3) is 0 Å². The van der Waals surface area contributed by atoms with Crippen molar-refractivity contribution in [3.8, 4) is 0 Å². The van der Waals surface area contributed by atoms with E-state index in [1.54, 1.807) is 11.9 Å². The molecule has 0 saturated carbocycles. The molecule has 2 saturated heterocycles. The van der Waals surface area contributed by atoms with Gasteiger partial charge in [0.05, 0.1) is 12.4 Å². The van der Waals surface area contributed by atoms with Gasteiger partial charge < -0.3 is 16.2 Å². The van der Waals surface area contributed by atoms with Crippen molar-refractivity contribution in [3.63, 3.8) is 0 Å². The first-order valence-corrected chi connectivity index (χ1v) is 9.31. The minimum atomic E-state index is -3.60. The van der Waals surface area contributed by atoms with E-state index in [0.717, 1.165) is 6.26 Å². The molecule has 4 atom stereocenters. The number of aliphatic hydroxyl groups is 1. The highest BCUT2D eigenvalue weighted by atomic mass is 32.2. The Morgan fingerprint density at radius 1 is 1.61 bits per heavy atom. The third kappa shape index (κ3) is 3.08. The normalized spacial score (nSPS) is 31.0. The van der Waals surface area contributed by atoms with E-state index in [4.69, 9.17) is 5.73 Å². The lowest BCUT2D eigenvalue weighted by atomic mass is 9.90. The van der Waals surface area contributed by atoms with E-state index in [0.29, 0.717) is 19.4 Å². The molecule has 2 amide bonds. The molecule has 132 valence electrons. The van der Waals surface area contributed by atoms with E-state index in [1.807, 2.05) is 0 Å². The summed E-state index contributed by atoms with van der Waals surface area (Å²) in [4.78, 5) is 25.0. The van der Waals surface area contributed by atoms with Crippen LogP contribution in [-0.2, 0) is 19.6 Å². The van der Waals surface area contributed by atoms with Gasteiger partial charge in [0.2, 0.25) is 21.8 Å². The summed E-state index contributed by atoms with van der Waals surface area (Å²) in [7, 11) is -1.99. The Morgan fingerprint density at radius 3 is 2.57 bits per heavy atom. The molecule has 2 unspecified atom stereocenters. The van der Waals surface area contributed by atoms with Gasteiger partial charge in [0.15, 0.2) is 0 Å². The first-order valence-electron chi connectivity index (χ1n) is 7.46. The topological polar surface area (TPSA) is 133 Å². The second kappa shape index (κ2) is 6.00. The Kier molecular flexibility index (Phi) is 4.73. The maximum atomic E-state index is 12.2. The molecule has 0 aromatic heterocycles. The van der Waals surface area contributed by atoms with Crippen LogP contribution in [0.2, 0.25) is 0 Å². The van der Waals surface area contributed by atoms with Gasteiger partial charge in [-0.25, -0.2) is 8.42 Å². The van der Waals surface area contributed by atoms with Crippen LogP contribution in [0.5, 0.6) is 0 Å². The lowest BCUT2D eigenvalue weighted by molar-refractivity contribution is -0.138. The van der Waals surface area contributed by atoms with Crippen LogP contribution in [0.15, 0.2) is 0 Å². The highest BCUT2D eigenvalue weighted by Gasteiger charge is 2.60. The second-order valence-electron chi connectivity index (χ2n) is 6.49. The number of carbonyl (C=O) groups excluding carboxylic acids is 2.